The molecule has 0 atom stereocenters. The first kappa shape index (κ1) is 31.4. The highest BCUT2D eigenvalue weighted by Crippen LogP contribution is 2.52. The lowest BCUT2D eigenvalue weighted by atomic mass is 9.63. The summed E-state index contributed by atoms with van der Waals surface area (Å²) in [4.78, 5) is 0. The standard InChI is InChI=1S/C52H42N2/c1-51(2)29-30-52(3,4)43-32-46-41(31-42(43)51)48-39-24-14-13-23-38(39)47-40-25-15-16-26-44(40)54(50(47)49(48)53(46)34-19-9-6-10-20-34)45-28-27-35(33-17-7-5-8-18-33)36-21-11-12-22-37(36)45/h5-28,31-32H,29-30H2,1-4H3. The highest BCUT2D eigenvalue weighted by molar-refractivity contribution is 6.36. The fraction of sp³-hybridized carbons (Fsp3) is 0.154. The monoisotopic (exact) mass is 694 g/mol. The molecule has 0 amide bonds. The quantitative estimate of drug-likeness (QED) is 0.174. The molecule has 0 bridgehead atoms. The van der Waals surface area contributed by atoms with Crippen molar-refractivity contribution in [2.24, 2.45) is 0 Å². The minimum Gasteiger partial charge on any atom is -0.307 e. The average Bonchev–Trinajstić information content (AvgIpc) is 3.73. The van der Waals surface area contributed by atoms with E-state index in [1.807, 2.05) is 0 Å². The molecule has 0 spiro atoms. The van der Waals surface area contributed by atoms with Crippen LogP contribution in [0.2, 0.25) is 0 Å². The number of benzene rings is 8. The van der Waals surface area contributed by atoms with Crippen molar-refractivity contribution in [2.75, 3.05) is 0 Å². The molecule has 10 aromatic rings. The van der Waals surface area contributed by atoms with Crippen LogP contribution >= 0.6 is 0 Å². The van der Waals surface area contributed by atoms with Crippen LogP contribution < -0.4 is 0 Å². The van der Waals surface area contributed by atoms with Crippen molar-refractivity contribution in [2.45, 2.75) is 51.4 Å². The molecule has 0 saturated carbocycles. The van der Waals surface area contributed by atoms with Crippen LogP contribution in [0.1, 0.15) is 51.7 Å². The predicted octanol–water partition coefficient (Wildman–Crippen LogP) is 14.2. The van der Waals surface area contributed by atoms with E-state index in [1.54, 1.807) is 0 Å². The number of hydrogen-bond acceptors (Lipinski definition) is 0. The van der Waals surface area contributed by atoms with Crippen LogP contribution in [0.5, 0.6) is 0 Å². The summed E-state index contributed by atoms with van der Waals surface area (Å²) >= 11 is 0. The van der Waals surface area contributed by atoms with Gasteiger partial charge in [-0.2, -0.15) is 0 Å². The van der Waals surface area contributed by atoms with Crippen molar-refractivity contribution in [1.29, 1.82) is 0 Å². The molecule has 54 heavy (non-hydrogen) atoms. The van der Waals surface area contributed by atoms with Gasteiger partial charge in [-0.05, 0) is 98.5 Å². The Morgan fingerprint density at radius 1 is 0.407 bits per heavy atom. The number of nitrogens with zero attached hydrogens (tertiary/aromatic N) is 2. The average molecular weight is 695 g/mol. The van der Waals surface area contributed by atoms with E-state index in [2.05, 4.69) is 195 Å². The van der Waals surface area contributed by atoms with Gasteiger partial charge in [0.25, 0.3) is 0 Å². The van der Waals surface area contributed by atoms with Crippen LogP contribution in [0, 0.1) is 0 Å². The van der Waals surface area contributed by atoms with Gasteiger partial charge in [0.05, 0.1) is 27.8 Å². The SMILES string of the molecule is CC1(C)CCC(C)(C)c2cc3c(cc21)c1c2ccccc2c2c4ccccc4n(-c4ccc(-c5ccccc5)c5ccccc45)c2c1n3-c1ccccc1. The minimum absolute atomic E-state index is 0.0860. The predicted molar refractivity (Wildman–Crippen MR) is 231 cm³/mol. The second-order valence-corrected chi connectivity index (χ2v) is 16.7. The second kappa shape index (κ2) is 11.2. The van der Waals surface area contributed by atoms with Crippen molar-refractivity contribution in [3.63, 3.8) is 0 Å². The zero-order valence-electron chi connectivity index (χ0n) is 31.3. The summed E-state index contributed by atoms with van der Waals surface area (Å²) in [5.41, 5.74) is 13.0. The third-order valence-corrected chi connectivity index (χ3v) is 12.7. The lowest BCUT2D eigenvalue weighted by molar-refractivity contribution is 0.332. The molecule has 2 heterocycles. The molecule has 1 aliphatic rings. The van der Waals surface area contributed by atoms with E-state index in [9.17, 15) is 0 Å². The van der Waals surface area contributed by atoms with E-state index in [0.29, 0.717) is 0 Å². The molecule has 0 fully saturated rings. The van der Waals surface area contributed by atoms with Crippen LogP contribution in [-0.4, -0.2) is 9.13 Å². The summed E-state index contributed by atoms with van der Waals surface area (Å²) in [7, 11) is 0. The molecule has 1 aliphatic carbocycles. The zero-order valence-corrected chi connectivity index (χ0v) is 31.3. The first-order valence-corrected chi connectivity index (χ1v) is 19.4. The fourth-order valence-electron chi connectivity index (χ4n) is 9.94. The molecular weight excluding hydrogens is 653 g/mol. The van der Waals surface area contributed by atoms with Crippen molar-refractivity contribution >= 4 is 65.2 Å². The molecule has 8 aromatic carbocycles. The number of rotatable bonds is 3. The Morgan fingerprint density at radius 2 is 0.926 bits per heavy atom. The van der Waals surface area contributed by atoms with Gasteiger partial charge in [-0.3, -0.25) is 0 Å². The Kier molecular flexibility index (Phi) is 6.51. The van der Waals surface area contributed by atoms with Crippen LogP contribution in [0.15, 0.2) is 158 Å². The number of hydrogen-bond donors (Lipinski definition) is 0. The van der Waals surface area contributed by atoms with Gasteiger partial charge < -0.3 is 9.13 Å². The highest BCUT2D eigenvalue weighted by Gasteiger charge is 2.38. The Labute approximate surface area is 315 Å². The van der Waals surface area contributed by atoms with E-state index in [0.717, 1.165) is 0 Å². The zero-order chi connectivity index (χ0) is 36.3. The van der Waals surface area contributed by atoms with Crippen LogP contribution in [0.25, 0.3) is 87.7 Å². The molecule has 0 N–H and O–H groups in total. The summed E-state index contributed by atoms with van der Waals surface area (Å²) in [5, 5.41) is 10.3. The summed E-state index contributed by atoms with van der Waals surface area (Å²) in [6.07, 6.45) is 2.36. The van der Waals surface area contributed by atoms with E-state index in [-0.39, 0.29) is 10.8 Å². The molecule has 0 unspecified atom stereocenters. The van der Waals surface area contributed by atoms with Crippen molar-refractivity contribution < 1.29 is 0 Å². The summed E-state index contributed by atoms with van der Waals surface area (Å²) in [6, 6.07) is 58.8. The summed E-state index contributed by atoms with van der Waals surface area (Å²) < 4.78 is 5.18. The van der Waals surface area contributed by atoms with Crippen molar-refractivity contribution in [3.8, 4) is 22.5 Å². The summed E-state index contributed by atoms with van der Waals surface area (Å²) in [5.74, 6) is 0. The van der Waals surface area contributed by atoms with E-state index in [1.165, 1.54) is 112 Å². The maximum Gasteiger partial charge on any atom is 0.0795 e. The first-order valence-electron chi connectivity index (χ1n) is 19.4. The molecule has 2 heteroatoms. The first-order chi connectivity index (χ1) is 26.3. The Morgan fingerprint density at radius 3 is 1.61 bits per heavy atom. The molecule has 0 radical (unpaired) electrons. The number of fused-ring (bicyclic) bond motifs is 12. The molecule has 2 aromatic heterocycles. The Balaban J connectivity index is 1.41. The smallest absolute Gasteiger partial charge is 0.0795 e. The Hall–Kier alpha value is -6.12. The second-order valence-electron chi connectivity index (χ2n) is 16.7. The summed E-state index contributed by atoms with van der Waals surface area (Å²) in [6.45, 7) is 9.78. The molecule has 11 rings (SSSR count). The molecular formula is C52H42N2. The van der Waals surface area contributed by atoms with Crippen LogP contribution in [0.3, 0.4) is 0 Å². The maximum atomic E-state index is 2.59. The van der Waals surface area contributed by atoms with E-state index < -0.39 is 0 Å². The van der Waals surface area contributed by atoms with Gasteiger partial charge in [0, 0.05) is 32.6 Å². The van der Waals surface area contributed by atoms with Gasteiger partial charge in [0.2, 0.25) is 0 Å². The van der Waals surface area contributed by atoms with Crippen LogP contribution in [0.4, 0.5) is 0 Å². The van der Waals surface area contributed by atoms with E-state index in [4.69, 9.17) is 0 Å². The lowest BCUT2D eigenvalue weighted by Crippen LogP contribution is -2.33. The molecule has 0 aliphatic heterocycles. The number of aromatic nitrogens is 2. The molecule has 0 saturated heterocycles. The lowest BCUT2D eigenvalue weighted by Gasteiger charge is -2.42. The largest absolute Gasteiger partial charge is 0.307 e. The minimum atomic E-state index is 0.0860. The number of para-hydroxylation sites is 2. The highest BCUT2D eigenvalue weighted by atomic mass is 15.0. The third-order valence-electron chi connectivity index (χ3n) is 12.7. The van der Waals surface area contributed by atoms with Gasteiger partial charge in [0.1, 0.15) is 0 Å². The third kappa shape index (κ3) is 4.28. The maximum absolute atomic E-state index is 2.59. The Bertz CT molecular complexity index is 3140. The topological polar surface area (TPSA) is 9.86 Å². The molecule has 260 valence electrons. The normalized spacial score (nSPS) is 15.2. The molecule has 2 nitrogen and oxygen atoms in total. The van der Waals surface area contributed by atoms with Crippen molar-refractivity contribution in [3.05, 3.63) is 169 Å². The fourth-order valence-corrected chi connectivity index (χ4v) is 9.94. The van der Waals surface area contributed by atoms with Gasteiger partial charge in [0.15, 0.2) is 0 Å². The van der Waals surface area contributed by atoms with Gasteiger partial charge in [-0.1, -0.05) is 149 Å². The van der Waals surface area contributed by atoms with Gasteiger partial charge in [-0.25, -0.2) is 0 Å². The van der Waals surface area contributed by atoms with Gasteiger partial charge in [-0.15, -0.1) is 0 Å². The van der Waals surface area contributed by atoms with Crippen LogP contribution in [-0.2, 0) is 10.8 Å². The van der Waals surface area contributed by atoms with Crippen molar-refractivity contribution in [1.82, 2.24) is 9.13 Å². The van der Waals surface area contributed by atoms with E-state index >= 15 is 0 Å². The van der Waals surface area contributed by atoms with Gasteiger partial charge >= 0.3 is 0 Å².